The zero-order chi connectivity index (χ0) is 23.0. The van der Waals surface area contributed by atoms with Crippen LogP contribution in [0.15, 0.2) is 48.5 Å². The van der Waals surface area contributed by atoms with E-state index in [0.29, 0.717) is 10.6 Å². The molecular formula is C24H23FN4O2S. The van der Waals surface area contributed by atoms with Gasteiger partial charge in [0.2, 0.25) is 5.91 Å². The fourth-order valence-corrected chi connectivity index (χ4v) is 4.64. The standard InChI is InChI=1S/C24H23FN4O2S/c1-14-6-5-7-20(15(14)2)26-22(30)13-28(4)23(31)21-12-19-16(3)27-29(24(19)32-21)18-10-8-17(25)9-11-18/h5-12H,13H2,1-4H3,(H,26,30). The summed E-state index contributed by atoms with van der Waals surface area (Å²) in [6.07, 6.45) is 0. The lowest BCUT2D eigenvalue weighted by molar-refractivity contribution is -0.116. The SMILES string of the molecule is Cc1cccc(NC(=O)CN(C)C(=O)c2cc3c(C)nn(-c4ccc(F)cc4)c3s2)c1C. The van der Waals surface area contributed by atoms with Crippen LogP contribution in [0.4, 0.5) is 10.1 Å². The first kappa shape index (κ1) is 21.7. The zero-order valence-electron chi connectivity index (χ0n) is 18.3. The molecule has 6 nitrogen and oxygen atoms in total. The molecule has 0 saturated heterocycles. The Labute approximate surface area is 189 Å². The van der Waals surface area contributed by atoms with Gasteiger partial charge in [-0.05, 0) is 68.3 Å². The van der Waals surface area contributed by atoms with Crippen LogP contribution in [0.2, 0.25) is 0 Å². The van der Waals surface area contributed by atoms with Gasteiger partial charge >= 0.3 is 0 Å². The quantitative estimate of drug-likeness (QED) is 0.472. The third-order valence-corrected chi connectivity index (χ3v) is 6.53. The first-order valence-corrected chi connectivity index (χ1v) is 10.9. The summed E-state index contributed by atoms with van der Waals surface area (Å²) in [6.45, 7) is 5.73. The Balaban J connectivity index is 1.53. The van der Waals surface area contributed by atoms with Crippen molar-refractivity contribution in [3.63, 3.8) is 0 Å². The van der Waals surface area contributed by atoms with E-state index in [1.807, 2.05) is 39.0 Å². The molecule has 2 heterocycles. The molecular weight excluding hydrogens is 427 g/mol. The number of likely N-dealkylation sites (N-methyl/N-ethyl adjacent to an activating group) is 1. The Bertz CT molecular complexity index is 1320. The minimum atomic E-state index is -0.323. The molecule has 0 unspecified atom stereocenters. The number of nitrogens with one attached hydrogen (secondary N) is 1. The highest BCUT2D eigenvalue weighted by Crippen LogP contribution is 2.31. The lowest BCUT2D eigenvalue weighted by atomic mass is 10.1. The second-order valence-electron chi connectivity index (χ2n) is 7.76. The number of rotatable bonds is 5. The minimum Gasteiger partial charge on any atom is -0.332 e. The van der Waals surface area contributed by atoms with Crippen LogP contribution in [0, 0.1) is 26.6 Å². The van der Waals surface area contributed by atoms with E-state index in [2.05, 4.69) is 10.4 Å². The second kappa shape index (κ2) is 8.55. The van der Waals surface area contributed by atoms with Crippen molar-refractivity contribution in [1.82, 2.24) is 14.7 Å². The molecule has 2 aromatic heterocycles. The molecule has 32 heavy (non-hydrogen) atoms. The number of halogens is 1. The molecule has 0 fully saturated rings. The Hall–Kier alpha value is -3.52. The summed E-state index contributed by atoms with van der Waals surface area (Å²) < 4.78 is 15.0. The predicted molar refractivity (Wildman–Crippen MR) is 125 cm³/mol. The highest BCUT2D eigenvalue weighted by atomic mass is 32.1. The maximum atomic E-state index is 13.3. The number of aromatic nitrogens is 2. The van der Waals surface area contributed by atoms with Gasteiger partial charge in [0.05, 0.1) is 22.8 Å². The third-order valence-electron chi connectivity index (χ3n) is 5.43. The van der Waals surface area contributed by atoms with Gasteiger partial charge in [-0.2, -0.15) is 5.10 Å². The second-order valence-corrected chi connectivity index (χ2v) is 8.79. The van der Waals surface area contributed by atoms with Gasteiger partial charge in [0.1, 0.15) is 10.6 Å². The molecule has 2 aromatic carbocycles. The van der Waals surface area contributed by atoms with Gasteiger partial charge in [0, 0.05) is 18.1 Å². The first-order chi connectivity index (χ1) is 15.2. The molecule has 0 atom stereocenters. The molecule has 0 aliphatic rings. The largest absolute Gasteiger partial charge is 0.332 e. The molecule has 8 heteroatoms. The van der Waals surface area contributed by atoms with E-state index in [0.717, 1.165) is 32.7 Å². The molecule has 4 aromatic rings. The Morgan fingerprint density at radius 3 is 2.56 bits per heavy atom. The number of anilines is 1. The number of aryl methyl sites for hydroxylation is 2. The van der Waals surface area contributed by atoms with Gasteiger partial charge in [0.15, 0.2) is 0 Å². The highest BCUT2D eigenvalue weighted by Gasteiger charge is 2.21. The molecule has 0 spiro atoms. The summed E-state index contributed by atoms with van der Waals surface area (Å²) in [4.78, 5) is 28.2. The van der Waals surface area contributed by atoms with Crippen molar-refractivity contribution in [3.8, 4) is 5.69 Å². The van der Waals surface area contributed by atoms with E-state index in [9.17, 15) is 14.0 Å². The fraction of sp³-hybridized carbons (Fsp3) is 0.208. The van der Waals surface area contributed by atoms with E-state index in [1.54, 1.807) is 29.9 Å². The maximum absolute atomic E-state index is 13.3. The third kappa shape index (κ3) is 4.13. The van der Waals surface area contributed by atoms with Crippen molar-refractivity contribution in [2.75, 3.05) is 18.9 Å². The van der Waals surface area contributed by atoms with E-state index >= 15 is 0 Å². The fourth-order valence-electron chi connectivity index (χ4n) is 3.46. The highest BCUT2D eigenvalue weighted by molar-refractivity contribution is 7.20. The van der Waals surface area contributed by atoms with Gasteiger partial charge in [-0.25, -0.2) is 9.07 Å². The summed E-state index contributed by atoms with van der Waals surface area (Å²) >= 11 is 1.30. The molecule has 0 saturated carbocycles. The van der Waals surface area contributed by atoms with Gasteiger partial charge in [-0.3, -0.25) is 9.59 Å². The number of hydrogen-bond donors (Lipinski definition) is 1. The van der Waals surface area contributed by atoms with Crippen molar-refractivity contribution >= 4 is 39.1 Å². The molecule has 0 radical (unpaired) electrons. The molecule has 164 valence electrons. The van der Waals surface area contributed by atoms with Gasteiger partial charge < -0.3 is 10.2 Å². The van der Waals surface area contributed by atoms with Crippen LogP contribution in [0.25, 0.3) is 15.9 Å². The topological polar surface area (TPSA) is 67.2 Å². The predicted octanol–water partition coefficient (Wildman–Crippen LogP) is 4.86. The summed E-state index contributed by atoms with van der Waals surface area (Å²) in [5.41, 5.74) is 4.32. The van der Waals surface area contributed by atoms with E-state index < -0.39 is 0 Å². The monoisotopic (exact) mass is 450 g/mol. The van der Waals surface area contributed by atoms with Crippen LogP contribution in [0.5, 0.6) is 0 Å². The van der Waals surface area contributed by atoms with Crippen molar-refractivity contribution in [3.05, 3.63) is 76.0 Å². The zero-order valence-corrected chi connectivity index (χ0v) is 19.1. The molecule has 4 rings (SSSR count). The summed E-state index contributed by atoms with van der Waals surface area (Å²) in [6, 6.07) is 13.6. The molecule has 0 aliphatic carbocycles. The number of amides is 2. The number of benzene rings is 2. The average Bonchev–Trinajstić information content (AvgIpc) is 3.32. The normalized spacial score (nSPS) is 11.0. The van der Waals surface area contributed by atoms with Crippen LogP contribution < -0.4 is 5.32 Å². The number of fused-ring (bicyclic) bond motifs is 1. The lowest BCUT2D eigenvalue weighted by Crippen LogP contribution is -2.34. The van der Waals surface area contributed by atoms with Gasteiger partial charge in [-0.1, -0.05) is 12.1 Å². The molecule has 0 bridgehead atoms. The minimum absolute atomic E-state index is 0.0659. The van der Waals surface area contributed by atoms with Crippen LogP contribution in [-0.2, 0) is 4.79 Å². The van der Waals surface area contributed by atoms with Crippen molar-refractivity contribution in [2.45, 2.75) is 20.8 Å². The Morgan fingerprint density at radius 1 is 1.12 bits per heavy atom. The van der Waals surface area contributed by atoms with Crippen LogP contribution in [0.1, 0.15) is 26.5 Å². The number of thiophene rings is 1. The van der Waals surface area contributed by atoms with E-state index in [-0.39, 0.29) is 24.2 Å². The summed E-state index contributed by atoms with van der Waals surface area (Å²) in [5, 5.41) is 8.26. The van der Waals surface area contributed by atoms with E-state index in [4.69, 9.17) is 0 Å². The van der Waals surface area contributed by atoms with Crippen LogP contribution >= 0.6 is 11.3 Å². The lowest BCUT2D eigenvalue weighted by Gasteiger charge is -2.17. The smallest absolute Gasteiger partial charge is 0.264 e. The van der Waals surface area contributed by atoms with Crippen molar-refractivity contribution < 1.29 is 14.0 Å². The Kier molecular flexibility index (Phi) is 5.80. The average molecular weight is 451 g/mol. The first-order valence-electron chi connectivity index (χ1n) is 10.1. The van der Waals surface area contributed by atoms with Crippen LogP contribution in [0.3, 0.4) is 0 Å². The summed E-state index contributed by atoms with van der Waals surface area (Å²) in [5.74, 6) is -0.826. The maximum Gasteiger partial charge on any atom is 0.264 e. The Morgan fingerprint density at radius 2 is 1.84 bits per heavy atom. The molecule has 0 aliphatic heterocycles. The summed E-state index contributed by atoms with van der Waals surface area (Å²) in [7, 11) is 1.61. The van der Waals surface area contributed by atoms with E-state index in [1.165, 1.54) is 28.4 Å². The van der Waals surface area contributed by atoms with Crippen LogP contribution in [-0.4, -0.2) is 40.1 Å². The number of carbonyl (C=O) groups is 2. The molecule has 2 amide bonds. The van der Waals surface area contributed by atoms with Gasteiger partial charge in [-0.15, -0.1) is 11.3 Å². The number of carbonyl (C=O) groups excluding carboxylic acids is 2. The number of hydrogen-bond acceptors (Lipinski definition) is 4. The molecule has 1 N–H and O–H groups in total. The number of nitrogens with zero attached hydrogens (tertiary/aromatic N) is 3. The van der Waals surface area contributed by atoms with Crippen molar-refractivity contribution in [2.24, 2.45) is 0 Å². The van der Waals surface area contributed by atoms with Gasteiger partial charge in [0.25, 0.3) is 5.91 Å². The van der Waals surface area contributed by atoms with Crippen molar-refractivity contribution in [1.29, 1.82) is 0 Å².